The number of aromatic nitrogens is 3. The van der Waals surface area contributed by atoms with Crippen LogP contribution >= 0.6 is 24.0 Å². The summed E-state index contributed by atoms with van der Waals surface area (Å²) in [6, 6.07) is 13.3. The number of rotatable bonds is 7. The van der Waals surface area contributed by atoms with Crippen LogP contribution in [0.4, 0.5) is 0 Å². The Morgan fingerprint density at radius 1 is 0.838 bits per heavy atom. The molecular formula is C28H23N3O4S2. The third-order valence-corrected chi connectivity index (χ3v) is 7.44. The van der Waals surface area contributed by atoms with Gasteiger partial charge in [0.25, 0.3) is 0 Å². The average Bonchev–Trinajstić information content (AvgIpc) is 3.33. The Labute approximate surface area is 223 Å². The maximum Gasteiger partial charge on any atom is 0.335 e. The number of carbonyl (C=O) groups is 2. The Morgan fingerprint density at radius 3 is 2.03 bits per heavy atom. The predicted molar refractivity (Wildman–Crippen MR) is 149 cm³/mol. The molecule has 0 aromatic carbocycles. The van der Waals surface area contributed by atoms with E-state index in [9.17, 15) is 19.8 Å². The first-order valence-corrected chi connectivity index (χ1v) is 12.5. The predicted octanol–water partition coefficient (Wildman–Crippen LogP) is 6.74. The molecule has 0 aliphatic heterocycles. The smallest absolute Gasteiger partial charge is 0.335 e. The zero-order valence-corrected chi connectivity index (χ0v) is 22.0. The van der Waals surface area contributed by atoms with Gasteiger partial charge in [0.1, 0.15) is 0 Å². The van der Waals surface area contributed by atoms with Gasteiger partial charge >= 0.3 is 11.9 Å². The van der Waals surface area contributed by atoms with E-state index in [1.165, 1.54) is 35.3 Å². The van der Waals surface area contributed by atoms with Crippen molar-refractivity contribution in [3.05, 3.63) is 98.5 Å². The van der Waals surface area contributed by atoms with Crippen molar-refractivity contribution in [2.45, 2.75) is 20.8 Å². The topological polar surface area (TPSA) is 113 Å². The second-order valence-electron chi connectivity index (χ2n) is 8.35. The number of nitrogens with zero attached hydrogens (tertiary/aromatic N) is 3. The number of allylic oxidation sites excluding steroid dienone is 2. The van der Waals surface area contributed by atoms with E-state index in [1.807, 2.05) is 32.1 Å². The van der Waals surface area contributed by atoms with Crippen molar-refractivity contribution in [2.24, 2.45) is 0 Å². The highest BCUT2D eigenvalue weighted by Gasteiger charge is 2.15. The summed E-state index contributed by atoms with van der Waals surface area (Å²) < 4.78 is 0. The Hall–Kier alpha value is -4.08. The molecule has 0 bridgehead atoms. The Balaban J connectivity index is 1.75. The summed E-state index contributed by atoms with van der Waals surface area (Å²) in [4.78, 5) is 39.6. The highest BCUT2D eigenvalue weighted by atomic mass is 32.1. The fourth-order valence-electron chi connectivity index (χ4n) is 3.59. The van der Waals surface area contributed by atoms with E-state index in [0.29, 0.717) is 11.4 Å². The summed E-state index contributed by atoms with van der Waals surface area (Å²) in [5, 5.41) is 19.0. The molecule has 0 radical (unpaired) electrons. The quantitative estimate of drug-likeness (QED) is 0.180. The van der Waals surface area contributed by atoms with Crippen LogP contribution in [0.25, 0.3) is 33.8 Å². The third-order valence-electron chi connectivity index (χ3n) is 5.69. The molecule has 4 rings (SSSR count). The number of thiophene rings is 1. The fourth-order valence-corrected chi connectivity index (χ4v) is 4.85. The molecule has 37 heavy (non-hydrogen) atoms. The Bertz CT molecular complexity index is 1590. The lowest BCUT2D eigenvalue weighted by molar-refractivity contribution is 0.0686. The van der Waals surface area contributed by atoms with E-state index in [1.54, 1.807) is 17.5 Å². The number of thiol groups is 1. The summed E-state index contributed by atoms with van der Waals surface area (Å²) in [6.45, 7) is 6.09. The van der Waals surface area contributed by atoms with Gasteiger partial charge in [-0.2, -0.15) is 0 Å². The Kier molecular flexibility index (Phi) is 7.66. The van der Waals surface area contributed by atoms with Crippen LogP contribution in [0.15, 0.2) is 72.1 Å². The number of aromatic carboxylic acids is 2. The normalized spacial score (nSPS) is 12.3. The summed E-state index contributed by atoms with van der Waals surface area (Å²) >= 11 is 6.42. The van der Waals surface area contributed by atoms with Crippen LogP contribution < -0.4 is 0 Å². The van der Waals surface area contributed by atoms with Crippen molar-refractivity contribution >= 4 is 46.9 Å². The summed E-state index contributed by atoms with van der Waals surface area (Å²) in [5.74, 6) is -2.25. The van der Waals surface area contributed by atoms with Gasteiger partial charge in [-0.05, 0) is 86.0 Å². The molecule has 0 fully saturated rings. The molecule has 0 saturated heterocycles. The van der Waals surface area contributed by atoms with Gasteiger partial charge in [-0.1, -0.05) is 6.08 Å². The minimum absolute atomic E-state index is 0.00816. The van der Waals surface area contributed by atoms with E-state index in [0.717, 1.165) is 26.5 Å². The molecule has 7 nitrogen and oxygen atoms in total. The van der Waals surface area contributed by atoms with Crippen molar-refractivity contribution in [2.75, 3.05) is 0 Å². The monoisotopic (exact) mass is 529 g/mol. The molecule has 9 heteroatoms. The van der Waals surface area contributed by atoms with E-state index in [4.69, 9.17) is 12.6 Å². The lowest BCUT2D eigenvalue weighted by Gasteiger charge is -2.09. The van der Waals surface area contributed by atoms with Gasteiger partial charge in [-0.15, -0.1) is 24.0 Å². The van der Waals surface area contributed by atoms with Gasteiger partial charge < -0.3 is 10.2 Å². The number of aryl methyl sites for hydroxylation is 1. The number of carboxylic acids is 2. The lowest BCUT2D eigenvalue weighted by atomic mass is 10.0. The first kappa shape index (κ1) is 26.0. The molecule has 0 unspecified atom stereocenters. The van der Waals surface area contributed by atoms with E-state index >= 15 is 0 Å². The first-order valence-electron chi connectivity index (χ1n) is 11.2. The maximum atomic E-state index is 11.8. The van der Waals surface area contributed by atoms with Crippen molar-refractivity contribution < 1.29 is 19.8 Å². The SMILES string of the molecule is CC(=C(/S)c1ccc(C)s1)/C(C)=C/c1ccnc(-c2cc(C(=O)O)cc(-c3cc(C(=O)O)ccn3)n2)c1. The lowest BCUT2D eigenvalue weighted by Crippen LogP contribution is -2.02. The van der Waals surface area contributed by atoms with Crippen molar-refractivity contribution in [3.63, 3.8) is 0 Å². The van der Waals surface area contributed by atoms with E-state index in [-0.39, 0.29) is 22.5 Å². The molecular weight excluding hydrogens is 506 g/mol. The molecule has 4 aromatic rings. The summed E-state index contributed by atoms with van der Waals surface area (Å²) in [6.07, 6.45) is 5.00. The van der Waals surface area contributed by atoms with Gasteiger partial charge in [-0.25, -0.2) is 14.6 Å². The molecule has 4 aromatic heterocycles. The Morgan fingerprint density at radius 2 is 1.43 bits per heavy atom. The van der Waals surface area contributed by atoms with Gasteiger partial charge in [0.15, 0.2) is 0 Å². The molecule has 0 spiro atoms. The average molecular weight is 530 g/mol. The molecule has 186 valence electrons. The van der Waals surface area contributed by atoms with Crippen LogP contribution in [-0.4, -0.2) is 37.1 Å². The minimum Gasteiger partial charge on any atom is -0.478 e. The van der Waals surface area contributed by atoms with Crippen LogP contribution in [0.1, 0.15) is 49.9 Å². The van der Waals surface area contributed by atoms with Crippen molar-refractivity contribution in [3.8, 4) is 22.8 Å². The summed E-state index contributed by atoms with van der Waals surface area (Å²) in [7, 11) is 0. The van der Waals surface area contributed by atoms with Crippen molar-refractivity contribution in [1.82, 2.24) is 15.0 Å². The molecule has 0 amide bonds. The third kappa shape index (κ3) is 6.02. The standard InChI is InChI=1S/C28H23N3O4S2/c1-15(17(3)26(36)25-5-4-16(2)37-25)10-18-6-8-29-21(11-18)23-13-20(28(34)35)14-24(31-23)22-12-19(27(32)33)7-9-30-22/h4-14,36H,1-3H3,(H,32,33)(H,34,35)/b15-10+,26-17-. The van der Waals surface area contributed by atoms with Crippen LogP contribution in [0.3, 0.4) is 0 Å². The van der Waals surface area contributed by atoms with E-state index < -0.39 is 11.9 Å². The second kappa shape index (κ2) is 10.9. The van der Waals surface area contributed by atoms with Gasteiger partial charge in [-0.3, -0.25) is 9.97 Å². The molecule has 0 aliphatic rings. The maximum absolute atomic E-state index is 11.8. The minimum atomic E-state index is -1.14. The molecule has 0 atom stereocenters. The van der Waals surface area contributed by atoms with Crippen LogP contribution in [0.5, 0.6) is 0 Å². The van der Waals surface area contributed by atoms with Crippen LogP contribution in [0, 0.1) is 6.92 Å². The zero-order valence-electron chi connectivity index (χ0n) is 20.3. The highest BCUT2D eigenvalue weighted by molar-refractivity contribution is 7.90. The van der Waals surface area contributed by atoms with Gasteiger partial charge in [0.2, 0.25) is 0 Å². The molecule has 0 aliphatic carbocycles. The zero-order chi connectivity index (χ0) is 26.7. The van der Waals surface area contributed by atoms with Crippen molar-refractivity contribution in [1.29, 1.82) is 0 Å². The molecule has 2 N–H and O–H groups in total. The summed E-state index contributed by atoms with van der Waals surface area (Å²) in [5.41, 5.74) is 4.25. The highest BCUT2D eigenvalue weighted by Crippen LogP contribution is 2.32. The van der Waals surface area contributed by atoms with E-state index in [2.05, 4.69) is 34.0 Å². The van der Waals surface area contributed by atoms with Gasteiger partial charge in [0, 0.05) is 27.1 Å². The fraction of sp³-hybridized carbons (Fsp3) is 0.107. The van der Waals surface area contributed by atoms with Crippen LogP contribution in [-0.2, 0) is 0 Å². The number of pyridine rings is 3. The number of carboxylic acid groups (broad SMARTS) is 2. The number of hydrogen-bond acceptors (Lipinski definition) is 7. The largest absolute Gasteiger partial charge is 0.478 e. The molecule has 4 heterocycles. The second-order valence-corrected chi connectivity index (χ2v) is 10.1. The molecule has 0 saturated carbocycles. The van der Waals surface area contributed by atoms with Crippen LogP contribution in [0.2, 0.25) is 0 Å². The number of hydrogen-bond donors (Lipinski definition) is 3. The van der Waals surface area contributed by atoms with Gasteiger partial charge in [0.05, 0.1) is 33.9 Å². The first-order chi connectivity index (χ1) is 17.6.